The molecule has 162 valence electrons. The van der Waals surface area contributed by atoms with Crippen molar-refractivity contribution < 1.29 is 9.47 Å². The van der Waals surface area contributed by atoms with Gasteiger partial charge in [-0.1, -0.05) is 23.7 Å². The van der Waals surface area contributed by atoms with Gasteiger partial charge in [0.1, 0.15) is 12.9 Å². The van der Waals surface area contributed by atoms with E-state index >= 15 is 0 Å². The largest absolute Gasteiger partial charge is 0.490 e. The first-order chi connectivity index (χ1) is 15.2. The van der Waals surface area contributed by atoms with Crippen LogP contribution in [-0.4, -0.2) is 40.5 Å². The number of anilines is 1. The third-order valence-corrected chi connectivity index (χ3v) is 5.02. The first-order valence-corrected chi connectivity index (χ1v) is 10.6. The molecule has 2 N–H and O–H groups in total. The lowest BCUT2D eigenvalue weighted by atomic mass is 10.1. The number of rotatable bonds is 6. The summed E-state index contributed by atoms with van der Waals surface area (Å²) < 4.78 is 13.4. The lowest BCUT2D eigenvalue weighted by Gasteiger charge is -2.15. The molecular weight excluding hydrogens is 416 g/mol. The SMILES string of the molecule is Cn1cnnc1CN=C(NCCc1cccc(Cl)c1)Nc1ccc2c(c1)OCCCO2. The van der Waals surface area contributed by atoms with Crippen LogP contribution in [0.5, 0.6) is 11.5 Å². The highest BCUT2D eigenvalue weighted by Crippen LogP contribution is 2.32. The molecule has 1 aliphatic rings. The summed E-state index contributed by atoms with van der Waals surface area (Å²) in [4.78, 5) is 4.67. The Kier molecular flexibility index (Phi) is 6.89. The maximum Gasteiger partial charge on any atom is 0.196 e. The van der Waals surface area contributed by atoms with Gasteiger partial charge in [0.05, 0.1) is 13.2 Å². The Bertz CT molecular complexity index is 1050. The molecule has 0 amide bonds. The fourth-order valence-electron chi connectivity index (χ4n) is 3.14. The minimum Gasteiger partial charge on any atom is -0.490 e. The summed E-state index contributed by atoms with van der Waals surface area (Å²) in [5.74, 6) is 2.90. The number of aliphatic imine (C=N–C) groups is 1. The second kappa shape index (κ2) is 10.2. The van der Waals surface area contributed by atoms with Crippen LogP contribution in [0.2, 0.25) is 5.02 Å². The van der Waals surface area contributed by atoms with Crippen LogP contribution in [0, 0.1) is 0 Å². The summed E-state index contributed by atoms with van der Waals surface area (Å²) in [5.41, 5.74) is 2.01. The van der Waals surface area contributed by atoms with Crippen molar-refractivity contribution in [3.8, 4) is 11.5 Å². The van der Waals surface area contributed by atoms with Gasteiger partial charge in [0.2, 0.25) is 0 Å². The van der Waals surface area contributed by atoms with Gasteiger partial charge in [0.15, 0.2) is 23.3 Å². The van der Waals surface area contributed by atoms with Crippen LogP contribution in [0.1, 0.15) is 17.8 Å². The molecule has 1 aliphatic heterocycles. The van der Waals surface area contributed by atoms with Crippen LogP contribution in [0.25, 0.3) is 0 Å². The Morgan fingerprint density at radius 2 is 2.03 bits per heavy atom. The monoisotopic (exact) mass is 440 g/mol. The fourth-order valence-corrected chi connectivity index (χ4v) is 3.35. The molecule has 9 heteroatoms. The lowest BCUT2D eigenvalue weighted by Crippen LogP contribution is -2.32. The number of ether oxygens (including phenoxy) is 2. The summed E-state index contributed by atoms with van der Waals surface area (Å²) in [7, 11) is 1.90. The number of hydrogen-bond donors (Lipinski definition) is 2. The number of aromatic nitrogens is 3. The first-order valence-electron chi connectivity index (χ1n) is 10.2. The summed E-state index contributed by atoms with van der Waals surface area (Å²) in [6.45, 7) is 2.39. The molecule has 0 atom stereocenters. The van der Waals surface area contributed by atoms with Crippen LogP contribution < -0.4 is 20.1 Å². The van der Waals surface area contributed by atoms with Crippen molar-refractivity contribution in [1.29, 1.82) is 0 Å². The molecule has 0 fully saturated rings. The highest BCUT2D eigenvalue weighted by atomic mass is 35.5. The minimum absolute atomic E-state index is 0.396. The highest BCUT2D eigenvalue weighted by Gasteiger charge is 2.12. The fraction of sp³-hybridized carbons (Fsp3) is 0.318. The van der Waals surface area contributed by atoms with Crippen LogP contribution in [0.4, 0.5) is 5.69 Å². The Labute approximate surface area is 186 Å². The van der Waals surface area contributed by atoms with E-state index in [4.69, 9.17) is 21.1 Å². The van der Waals surface area contributed by atoms with E-state index in [2.05, 4.69) is 31.9 Å². The normalized spacial score (nSPS) is 13.5. The molecule has 2 heterocycles. The van der Waals surface area contributed by atoms with E-state index < -0.39 is 0 Å². The molecule has 0 spiro atoms. The van der Waals surface area contributed by atoms with Crippen molar-refractivity contribution in [3.63, 3.8) is 0 Å². The predicted octanol–water partition coefficient (Wildman–Crippen LogP) is 3.43. The summed E-state index contributed by atoms with van der Waals surface area (Å²) in [6, 6.07) is 13.6. The van der Waals surface area contributed by atoms with Crippen LogP contribution in [0.15, 0.2) is 53.8 Å². The summed E-state index contributed by atoms with van der Waals surface area (Å²) in [6.07, 6.45) is 3.34. The van der Waals surface area contributed by atoms with E-state index in [-0.39, 0.29) is 0 Å². The summed E-state index contributed by atoms with van der Waals surface area (Å²) in [5, 5.41) is 15.5. The molecular formula is C22H25ClN6O2. The van der Waals surface area contributed by atoms with Gasteiger partial charge in [0, 0.05) is 36.8 Å². The molecule has 0 unspecified atom stereocenters. The molecule has 0 bridgehead atoms. The second-order valence-corrected chi connectivity index (χ2v) is 7.60. The number of nitrogens with zero attached hydrogens (tertiary/aromatic N) is 4. The molecule has 1 aromatic heterocycles. The van der Waals surface area contributed by atoms with Gasteiger partial charge < -0.3 is 24.7 Å². The lowest BCUT2D eigenvalue weighted by molar-refractivity contribution is 0.297. The van der Waals surface area contributed by atoms with Crippen LogP contribution >= 0.6 is 11.6 Å². The molecule has 0 saturated carbocycles. The van der Waals surface area contributed by atoms with E-state index in [1.54, 1.807) is 6.33 Å². The number of aryl methyl sites for hydroxylation is 1. The van der Waals surface area contributed by atoms with Gasteiger partial charge in [-0.3, -0.25) is 0 Å². The third-order valence-electron chi connectivity index (χ3n) is 4.79. The zero-order chi connectivity index (χ0) is 21.5. The predicted molar refractivity (Wildman–Crippen MR) is 121 cm³/mol. The third kappa shape index (κ3) is 5.88. The molecule has 0 aliphatic carbocycles. The maximum atomic E-state index is 6.09. The van der Waals surface area contributed by atoms with E-state index in [9.17, 15) is 0 Å². The van der Waals surface area contributed by atoms with Crippen LogP contribution in [0.3, 0.4) is 0 Å². The molecule has 31 heavy (non-hydrogen) atoms. The Morgan fingerprint density at radius 1 is 1.16 bits per heavy atom. The van der Waals surface area contributed by atoms with Crippen molar-refractivity contribution in [2.75, 3.05) is 25.1 Å². The van der Waals surface area contributed by atoms with Crippen LogP contribution in [-0.2, 0) is 20.0 Å². The van der Waals surface area contributed by atoms with Gasteiger partial charge in [-0.05, 0) is 36.2 Å². The Hall–Kier alpha value is -3.26. The molecule has 0 saturated heterocycles. The molecule has 2 aromatic carbocycles. The van der Waals surface area contributed by atoms with Crippen molar-refractivity contribution in [3.05, 3.63) is 65.2 Å². The number of benzene rings is 2. The minimum atomic E-state index is 0.396. The molecule has 8 nitrogen and oxygen atoms in total. The number of nitrogens with one attached hydrogen (secondary N) is 2. The zero-order valence-corrected chi connectivity index (χ0v) is 18.1. The highest BCUT2D eigenvalue weighted by molar-refractivity contribution is 6.30. The number of hydrogen-bond acceptors (Lipinski definition) is 5. The molecule has 3 aromatic rings. The smallest absolute Gasteiger partial charge is 0.196 e. The van der Waals surface area contributed by atoms with Gasteiger partial charge in [-0.15, -0.1) is 10.2 Å². The average molecular weight is 441 g/mol. The topological polar surface area (TPSA) is 85.6 Å². The number of halogens is 1. The van der Waals surface area contributed by atoms with Gasteiger partial charge in [0.25, 0.3) is 0 Å². The quantitative estimate of drug-likeness (QED) is 0.451. The van der Waals surface area contributed by atoms with Crippen molar-refractivity contribution in [2.24, 2.45) is 12.0 Å². The van der Waals surface area contributed by atoms with Crippen molar-refractivity contribution in [2.45, 2.75) is 19.4 Å². The summed E-state index contributed by atoms with van der Waals surface area (Å²) >= 11 is 6.09. The van der Waals surface area contributed by atoms with Gasteiger partial charge in [-0.2, -0.15) is 0 Å². The van der Waals surface area contributed by atoms with Crippen molar-refractivity contribution >= 4 is 23.2 Å². The second-order valence-electron chi connectivity index (χ2n) is 7.17. The maximum absolute atomic E-state index is 6.09. The van der Waals surface area contributed by atoms with Crippen molar-refractivity contribution in [1.82, 2.24) is 20.1 Å². The standard InChI is InChI=1S/C22H25ClN6O2/c1-29-15-26-28-21(29)14-25-22(24-9-8-16-4-2-5-17(23)12-16)27-18-6-7-19-20(13-18)31-11-3-10-30-19/h2,4-7,12-13,15H,3,8-11,14H2,1H3,(H2,24,25,27). The van der Waals surface area contributed by atoms with E-state index in [0.717, 1.165) is 46.4 Å². The number of fused-ring (bicyclic) bond motifs is 1. The van der Waals surface area contributed by atoms with E-state index in [1.807, 2.05) is 48.0 Å². The Morgan fingerprint density at radius 3 is 2.84 bits per heavy atom. The zero-order valence-electron chi connectivity index (χ0n) is 17.3. The van der Waals surface area contributed by atoms with Gasteiger partial charge in [-0.25, -0.2) is 4.99 Å². The van der Waals surface area contributed by atoms with Gasteiger partial charge >= 0.3 is 0 Å². The first kappa shape index (κ1) is 21.0. The number of guanidine groups is 1. The average Bonchev–Trinajstić information content (AvgIpc) is 3.03. The van der Waals surface area contributed by atoms with E-state index in [0.29, 0.717) is 32.3 Å². The molecule has 0 radical (unpaired) electrons. The Balaban J connectivity index is 1.46. The van der Waals surface area contributed by atoms with E-state index in [1.165, 1.54) is 0 Å². The molecule has 4 rings (SSSR count).